The second kappa shape index (κ2) is 9.66. The van der Waals surface area contributed by atoms with Crippen LogP contribution in [0.5, 0.6) is 11.6 Å². The van der Waals surface area contributed by atoms with Gasteiger partial charge in [0.15, 0.2) is 0 Å². The second-order valence-electron chi connectivity index (χ2n) is 11.2. The lowest BCUT2D eigenvalue weighted by Gasteiger charge is -2.26. The van der Waals surface area contributed by atoms with Crippen LogP contribution in [0.1, 0.15) is 51.3 Å². The van der Waals surface area contributed by atoms with Gasteiger partial charge in [0.25, 0.3) is 0 Å². The van der Waals surface area contributed by atoms with Crippen LogP contribution >= 0.6 is 0 Å². The molecule has 0 unspecified atom stereocenters. The van der Waals surface area contributed by atoms with Gasteiger partial charge < -0.3 is 24.7 Å². The first-order valence-electron chi connectivity index (χ1n) is 13.6. The first-order valence-corrected chi connectivity index (χ1v) is 13.6. The first-order chi connectivity index (χ1) is 19.2. The molecule has 9 heteroatoms. The van der Waals surface area contributed by atoms with Gasteiger partial charge >= 0.3 is 0 Å². The number of hydrogen-bond acceptors (Lipinski definition) is 6. The van der Waals surface area contributed by atoms with Gasteiger partial charge in [0, 0.05) is 30.1 Å². The highest BCUT2D eigenvalue weighted by molar-refractivity contribution is 6.06. The molecule has 2 aliphatic rings. The minimum Gasteiger partial charge on any atom is -0.497 e. The maximum absolute atomic E-state index is 13.0. The predicted molar refractivity (Wildman–Crippen MR) is 152 cm³/mol. The number of methoxy groups -OCH3 is 1. The number of likely N-dealkylation sites (tertiary alicyclic amines) is 1. The summed E-state index contributed by atoms with van der Waals surface area (Å²) in [4.78, 5) is 39.9. The molecular formula is C31H33N5O4. The molecule has 1 fully saturated rings. The second-order valence-corrected chi connectivity index (χ2v) is 11.2. The van der Waals surface area contributed by atoms with E-state index in [0.717, 1.165) is 33.6 Å². The Bertz CT molecular complexity index is 1610. The van der Waals surface area contributed by atoms with Crippen LogP contribution in [0.3, 0.4) is 0 Å². The Kier molecular flexibility index (Phi) is 6.24. The number of imidazole rings is 1. The number of fused-ring (bicyclic) bond motifs is 2. The van der Waals surface area contributed by atoms with Crippen LogP contribution in [0.15, 0.2) is 54.9 Å². The Morgan fingerprint density at radius 3 is 2.60 bits per heavy atom. The summed E-state index contributed by atoms with van der Waals surface area (Å²) in [6, 6.07) is 15.6. The topological polar surface area (TPSA) is 109 Å². The van der Waals surface area contributed by atoms with Crippen molar-refractivity contribution in [2.75, 3.05) is 19.0 Å². The van der Waals surface area contributed by atoms with Crippen molar-refractivity contribution in [3.05, 3.63) is 66.0 Å². The molecular weight excluding hydrogens is 506 g/mol. The van der Waals surface area contributed by atoms with Gasteiger partial charge in [0.2, 0.25) is 17.7 Å². The molecule has 2 amide bonds. The zero-order chi connectivity index (χ0) is 28.2. The average Bonchev–Trinajstić information content (AvgIpc) is 3.64. The number of nitrogens with zero attached hydrogens (tertiary/aromatic N) is 3. The summed E-state index contributed by atoms with van der Waals surface area (Å²) in [5, 5.41) is 2.99. The zero-order valence-electron chi connectivity index (χ0n) is 23.3. The van der Waals surface area contributed by atoms with Gasteiger partial charge in [-0.1, -0.05) is 24.3 Å². The molecule has 2 aromatic heterocycles. The highest BCUT2D eigenvalue weighted by Crippen LogP contribution is 2.40. The summed E-state index contributed by atoms with van der Waals surface area (Å²) in [5.74, 6) is 1.33. The van der Waals surface area contributed by atoms with E-state index in [4.69, 9.17) is 14.5 Å². The van der Waals surface area contributed by atoms with Gasteiger partial charge in [-0.15, -0.1) is 0 Å². The molecule has 0 radical (unpaired) electrons. The third-order valence-corrected chi connectivity index (χ3v) is 8.40. The van der Waals surface area contributed by atoms with Crippen LogP contribution in [0.4, 0.5) is 5.69 Å². The van der Waals surface area contributed by atoms with E-state index in [1.165, 1.54) is 0 Å². The molecule has 0 aliphatic carbocycles. The zero-order valence-corrected chi connectivity index (χ0v) is 23.3. The number of anilines is 1. The fourth-order valence-electron chi connectivity index (χ4n) is 5.68. The van der Waals surface area contributed by atoms with Crippen molar-refractivity contribution in [2.45, 2.75) is 51.7 Å². The number of pyridine rings is 1. The smallest absolute Gasteiger partial charge is 0.240 e. The summed E-state index contributed by atoms with van der Waals surface area (Å²) in [6.45, 7) is 8.47. The van der Waals surface area contributed by atoms with Crippen LogP contribution < -0.4 is 14.8 Å². The fraction of sp³-hybridized carbons (Fsp3) is 0.355. The molecule has 0 saturated carbocycles. The minimum absolute atomic E-state index is 0.00839. The third kappa shape index (κ3) is 4.35. The van der Waals surface area contributed by atoms with E-state index in [1.54, 1.807) is 13.4 Å². The van der Waals surface area contributed by atoms with Crippen LogP contribution in [-0.2, 0) is 15.0 Å². The van der Waals surface area contributed by atoms with Crippen LogP contribution in [-0.4, -0.2) is 51.4 Å². The number of rotatable bonds is 7. The van der Waals surface area contributed by atoms with Gasteiger partial charge in [-0.05, 0) is 63.1 Å². The fourth-order valence-corrected chi connectivity index (χ4v) is 5.68. The molecule has 40 heavy (non-hydrogen) atoms. The number of carbonyl (C=O) groups is 2. The van der Waals surface area contributed by atoms with E-state index in [2.05, 4.69) is 15.3 Å². The summed E-state index contributed by atoms with van der Waals surface area (Å²) < 4.78 is 11.7. The molecule has 2 aromatic carbocycles. The van der Waals surface area contributed by atoms with Gasteiger partial charge in [0.1, 0.15) is 17.4 Å². The van der Waals surface area contributed by atoms with Crippen molar-refractivity contribution in [2.24, 2.45) is 5.92 Å². The van der Waals surface area contributed by atoms with Crippen LogP contribution in [0.2, 0.25) is 0 Å². The van der Waals surface area contributed by atoms with Gasteiger partial charge in [-0.3, -0.25) is 9.59 Å². The molecule has 206 valence electrons. The summed E-state index contributed by atoms with van der Waals surface area (Å²) in [5.41, 5.74) is 5.23. The number of aromatic nitrogens is 3. The number of carbonyl (C=O) groups excluding carboxylic acids is 2. The summed E-state index contributed by atoms with van der Waals surface area (Å²) in [6.07, 6.45) is 1.77. The Labute approximate surface area is 232 Å². The van der Waals surface area contributed by atoms with Crippen molar-refractivity contribution in [1.82, 2.24) is 19.9 Å². The van der Waals surface area contributed by atoms with Crippen LogP contribution in [0, 0.1) is 5.92 Å². The molecule has 4 heterocycles. The monoisotopic (exact) mass is 539 g/mol. The quantitative estimate of drug-likeness (QED) is 0.332. The number of amides is 2. The van der Waals surface area contributed by atoms with Crippen molar-refractivity contribution in [3.63, 3.8) is 0 Å². The molecule has 0 spiro atoms. The number of H-pyrrole nitrogens is 1. The number of benzene rings is 2. The van der Waals surface area contributed by atoms with Crippen molar-refractivity contribution in [3.8, 4) is 22.9 Å². The van der Waals surface area contributed by atoms with Gasteiger partial charge in [-0.25, -0.2) is 9.97 Å². The van der Waals surface area contributed by atoms with Gasteiger partial charge in [-0.2, -0.15) is 0 Å². The third-order valence-electron chi connectivity index (χ3n) is 8.40. The number of hydrogen-bond donors (Lipinski definition) is 2. The SMILES string of the molecule is COc1ccc([C@@H](C)N2C[C@H]([C@@H](C)Oc3nc(-c4ccc5c(c4)NC(=O)C5(C)C)cc4nc[nH]c34)CC2=O)cc1. The lowest BCUT2D eigenvalue weighted by Crippen LogP contribution is -2.31. The first kappa shape index (κ1) is 25.9. The minimum atomic E-state index is -0.575. The largest absolute Gasteiger partial charge is 0.497 e. The standard InChI is InChI=1S/C31H33N5O4/c1-17(19-6-9-22(39-5)10-7-19)36-15-21(13-27(36)37)18(2)40-29-28-26(32-16-33-28)14-24(34-29)20-8-11-23-25(12-20)35-30(38)31(23,3)4/h6-12,14,16-18,21H,13,15H2,1-5H3,(H,32,33)(H,35,38)/t17-,18-,21-/m1/s1. The summed E-state index contributed by atoms with van der Waals surface area (Å²) in [7, 11) is 1.64. The van der Waals surface area contributed by atoms with E-state index < -0.39 is 5.41 Å². The predicted octanol–water partition coefficient (Wildman–Crippen LogP) is 5.24. The van der Waals surface area contributed by atoms with E-state index in [-0.39, 0.29) is 29.9 Å². The van der Waals surface area contributed by atoms with E-state index in [1.807, 2.05) is 81.1 Å². The molecule has 3 atom stereocenters. The maximum atomic E-state index is 13.0. The summed E-state index contributed by atoms with van der Waals surface area (Å²) >= 11 is 0. The molecule has 0 bridgehead atoms. The molecule has 2 aliphatic heterocycles. The average molecular weight is 540 g/mol. The Morgan fingerprint density at radius 1 is 1.07 bits per heavy atom. The highest BCUT2D eigenvalue weighted by Gasteiger charge is 2.39. The van der Waals surface area contributed by atoms with Gasteiger partial charge in [0.05, 0.1) is 36.1 Å². The molecule has 2 N–H and O–H groups in total. The Balaban J connectivity index is 1.23. The normalized spacial score (nSPS) is 19.4. The molecule has 1 saturated heterocycles. The highest BCUT2D eigenvalue weighted by atomic mass is 16.5. The number of nitrogens with one attached hydrogen (secondary N) is 2. The van der Waals surface area contributed by atoms with Crippen molar-refractivity contribution >= 4 is 28.5 Å². The molecule has 9 nitrogen and oxygen atoms in total. The lowest BCUT2D eigenvalue weighted by atomic mass is 9.86. The Morgan fingerprint density at radius 2 is 1.85 bits per heavy atom. The van der Waals surface area contributed by atoms with E-state index in [9.17, 15) is 9.59 Å². The Hall–Kier alpha value is -4.40. The van der Waals surface area contributed by atoms with Crippen molar-refractivity contribution < 1.29 is 19.1 Å². The lowest BCUT2D eigenvalue weighted by molar-refractivity contribution is -0.129. The molecule has 6 rings (SSSR count). The number of aromatic amines is 1. The number of ether oxygens (including phenoxy) is 2. The maximum Gasteiger partial charge on any atom is 0.240 e. The van der Waals surface area contributed by atoms with Crippen molar-refractivity contribution in [1.29, 1.82) is 0 Å². The van der Waals surface area contributed by atoms with E-state index in [0.29, 0.717) is 30.1 Å². The van der Waals surface area contributed by atoms with Crippen LogP contribution in [0.25, 0.3) is 22.3 Å². The molecule has 4 aromatic rings. The van der Waals surface area contributed by atoms with E-state index >= 15 is 0 Å².